The van der Waals surface area contributed by atoms with Gasteiger partial charge in [0.2, 0.25) is 0 Å². The van der Waals surface area contributed by atoms with Gasteiger partial charge < -0.3 is 10.0 Å². The van der Waals surface area contributed by atoms with Crippen molar-refractivity contribution in [3.63, 3.8) is 0 Å². The van der Waals surface area contributed by atoms with Gasteiger partial charge in [0.1, 0.15) is 0 Å². The first-order valence-electron chi connectivity index (χ1n) is 7.19. The molecule has 0 spiro atoms. The summed E-state index contributed by atoms with van der Waals surface area (Å²) in [4.78, 5) is 2.14. The molecule has 0 aromatic heterocycles. The van der Waals surface area contributed by atoms with E-state index in [1.54, 1.807) is 0 Å². The Balaban J connectivity index is 0.00000220. The van der Waals surface area contributed by atoms with Crippen molar-refractivity contribution < 1.29 is 5.11 Å². The van der Waals surface area contributed by atoms with Crippen LogP contribution in [0.1, 0.15) is 24.0 Å². The molecule has 0 fully saturated rings. The van der Waals surface area contributed by atoms with Gasteiger partial charge in [-0.2, -0.15) is 0 Å². The van der Waals surface area contributed by atoms with Crippen LogP contribution in [0.2, 0.25) is 0 Å². The lowest BCUT2D eigenvalue weighted by atomic mass is 9.86. The molecule has 1 atom stereocenters. The molecular formula is C18H24ClNO. The molecule has 1 N–H and O–H groups in total. The third kappa shape index (κ3) is 4.85. The predicted octanol–water partition coefficient (Wildman–Crippen LogP) is 3.55. The first-order valence-corrected chi connectivity index (χ1v) is 7.19. The first kappa shape index (κ1) is 17.7. The maximum Gasteiger partial charge on any atom is 0.0775 e. The van der Waals surface area contributed by atoms with E-state index in [1.165, 1.54) is 0 Å². The molecule has 2 aromatic rings. The molecule has 2 nitrogen and oxygen atoms in total. The standard InChI is InChI=1S/C18H23NO.ClH/c1-3-19(2)14-17(20)18(15-10-6-4-7-11-15)16-12-8-5-9-13-16;/h4-13,17-18,20H,3,14H2,1-2H3;1H. The van der Waals surface area contributed by atoms with Crippen molar-refractivity contribution in [3.8, 4) is 0 Å². The molecule has 2 rings (SSSR count). The highest BCUT2D eigenvalue weighted by Crippen LogP contribution is 2.28. The van der Waals surface area contributed by atoms with Crippen molar-refractivity contribution >= 4 is 12.4 Å². The zero-order valence-electron chi connectivity index (χ0n) is 12.6. The van der Waals surface area contributed by atoms with E-state index in [9.17, 15) is 5.11 Å². The average molecular weight is 306 g/mol. The van der Waals surface area contributed by atoms with E-state index in [0.29, 0.717) is 6.54 Å². The van der Waals surface area contributed by atoms with Crippen molar-refractivity contribution in [2.45, 2.75) is 18.9 Å². The van der Waals surface area contributed by atoms with Crippen LogP contribution in [-0.4, -0.2) is 36.2 Å². The molecule has 0 aliphatic rings. The van der Waals surface area contributed by atoms with Crippen LogP contribution in [0.25, 0.3) is 0 Å². The maximum absolute atomic E-state index is 10.7. The number of hydrogen-bond donors (Lipinski definition) is 1. The summed E-state index contributed by atoms with van der Waals surface area (Å²) in [6.07, 6.45) is -0.412. The van der Waals surface area contributed by atoms with Crippen molar-refractivity contribution in [1.29, 1.82) is 0 Å². The van der Waals surface area contributed by atoms with Gasteiger partial charge >= 0.3 is 0 Å². The summed E-state index contributed by atoms with van der Waals surface area (Å²) >= 11 is 0. The molecule has 1 unspecified atom stereocenters. The Labute approximate surface area is 133 Å². The molecule has 3 heteroatoms. The second kappa shape index (κ2) is 8.83. The normalized spacial score (nSPS) is 12.2. The molecule has 0 saturated carbocycles. The fourth-order valence-corrected chi connectivity index (χ4v) is 2.51. The van der Waals surface area contributed by atoms with Crippen LogP contribution < -0.4 is 0 Å². The molecule has 2 aromatic carbocycles. The van der Waals surface area contributed by atoms with Crippen LogP contribution in [0.5, 0.6) is 0 Å². The Kier molecular flexibility index (Phi) is 7.44. The number of aliphatic hydroxyl groups is 1. The average Bonchev–Trinajstić information content (AvgIpc) is 2.49. The number of nitrogens with zero attached hydrogens (tertiary/aromatic N) is 1. The fraction of sp³-hybridized carbons (Fsp3) is 0.333. The van der Waals surface area contributed by atoms with Gasteiger partial charge in [-0.05, 0) is 24.7 Å². The highest BCUT2D eigenvalue weighted by molar-refractivity contribution is 5.85. The minimum absolute atomic E-state index is 0. The molecule has 0 amide bonds. The molecule has 0 radical (unpaired) electrons. The van der Waals surface area contributed by atoms with Crippen LogP contribution >= 0.6 is 12.4 Å². The van der Waals surface area contributed by atoms with Crippen LogP contribution in [0.3, 0.4) is 0 Å². The second-order valence-electron chi connectivity index (χ2n) is 5.22. The number of rotatable bonds is 6. The van der Waals surface area contributed by atoms with Gasteiger partial charge in [0.05, 0.1) is 6.10 Å². The summed E-state index contributed by atoms with van der Waals surface area (Å²) in [6.45, 7) is 3.71. The van der Waals surface area contributed by atoms with Gasteiger partial charge in [-0.1, -0.05) is 67.6 Å². The molecule has 0 aliphatic carbocycles. The van der Waals surface area contributed by atoms with E-state index in [-0.39, 0.29) is 18.3 Å². The summed E-state index contributed by atoms with van der Waals surface area (Å²) < 4.78 is 0. The van der Waals surface area contributed by atoms with Gasteiger partial charge in [-0.3, -0.25) is 0 Å². The lowest BCUT2D eigenvalue weighted by Crippen LogP contribution is -2.33. The summed E-state index contributed by atoms with van der Waals surface area (Å²) in [5.74, 6) is 0.0198. The number of hydrogen-bond acceptors (Lipinski definition) is 2. The number of aliphatic hydroxyl groups excluding tert-OH is 1. The SMILES string of the molecule is CCN(C)CC(O)C(c1ccccc1)c1ccccc1.Cl. The van der Waals surface area contributed by atoms with E-state index < -0.39 is 6.10 Å². The summed E-state index contributed by atoms with van der Waals surface area (Å²) in [5, 5.41) is 10.7. The molecule has 21 heavy (non-hydrogen) atoms. The molecule has 0 heterocycles. The second-order valence-corrected chi connectivity index (χ2v) is 5.22. The van der Waals surface area contributed by atoms with Gasteiger partial charge in [-0.15, -0.1) is 12.4 Å². The van der Waals surface area contributed by atoms with Gasteiger partial charge in [0.15, 0.2) is 0 Å². The van der Waals surface area contributed by atoms with Crippen LogP contribution in [0, 0.1) is 0 Å². The largest absolute Gasteiger partial charge is 0.391 e. The Morgan fingerprint density at radius 2 is 1.33 bits per heavy atom. The summed E-state index contributed by atoms with van der Waals surface area (Å²) in [6, 6.07) is 20.5. The highest BCUT2D eigenvalue weighted by Gasteiger charge is 2.23. The van der Waals surface area contributed by atoms with E-state index in [0.717, 1.165) is 17.7 Å². The topological polar surface area (TPSA) is 23.5 Å². The van der Waals surface area contributed by atoms with E-state index >= 15 is 0 Å². The molecule has 0 saturated heterocycles. The third-order valence-electron chi connectivity index (χ3n) is 3.74. The Morgan fingerprint density at radius 1 is 0.905 bits per heavy atom. The van der Waals surface area contributed by atoms with Gasteiger partial charge in [0.25, 0.3) is 0 Å². The molecule has 114 valence electrons. The van der Waals surface area contributed by atoms with Crippen molar-refractivity contribution in [2.75, 3.05) is 20.1 Å². The highest BCUT2D eigenvalue weighted by atomic mass is 35.5. The van der Waals surface area contributed by atoms with E-state index in [4.69, 9.17) is 0 Å². The Morgan fingerprint density at radius 3 is 1.71 bits per heavy atom. The van der Waals surface area contributed by atoms with Gasteiger partial charge in [0, 0.05) is 12.5 Å². The van der Waals surface area contributed by atoms with Crippen LogP contribution in [0.15, 0.2) is 60.7 Å². The molecule has 0 bridgehead atoms. The molecular weight excluding hydrogens is 282 g/mol. The first-order chi connectivity index (χ1) is 9.72. The fourth-order valence-electron chi connectivity index (χ4n) is 2.51. The zero-order valence-corrected chi connectivity index (χ0v) is 13.5. The van der Waals surface area contributed by atoms with E-state index in [2.05, 4.69) is 36.1 Å². The van der Waals surface area contributed by atoms with Crippen molar-refractivity contribution in [2.24, 2.45) is 0 Å². The van der Waals surface area contributed by atoms with E-state index in [1.807, 2.05) is 43.4 Å². The Bertz CT molecular complexity index is 464. The van der Waals surface area contributed by atoms with Crippen LogP contribution in [0.4, 0.5) is 0 Å². The minimum atomic E-state index is -0.412. The quantitative estimate of drug-likeness (QED) is 0.882. The molecule has 0 aliphatic heterocycles. The third-order valence-corrected chi connectivity index (χ3v) is 3.74. The van der Waals surface area contributed by atoms with Crippen molar-refractivity contribution in [1.82, 2.24) is 4.90 Å². The summed E-state index contributed by atoms with van der Waals surface area (Å²) in [7, 11) is 2.04. The minimum Gasteiger partial charge on any atom is -0.391 e. The van der Waals surface area contributed by atoms with Crippen LogP contribution in [-0.2, 0) is 0 Å². The zero-order chi connectivity index (χ0) is 14.4. The number of halogens is 1. The number of benzene rings is 2. The Hall–Kier alpha value is -1.35. The monoisotopic (exact) mass is 305 g/mol. The lowest BCUT2D eigenvalue weighted by Gasteiger charge is -2.27. The smallest absolute Gasteiger partial charge is 0.0775 e. The van der Waals surface area contributed by atoms with Gasteiger partial charge in [-0.25, -0.2) is 0 Å². The lowest BCUT2D eigenvalue weighted by molar-refractivity contribution is 0.113. The maximum atomic E-state index is 10.7. The predicted molar refractivity (Wildman–Crippen MR) is 91.2 cm³/mol. The van der Waals surface area contributed by atoms with Crippen molar-refractivity contribution in [3.05, 3.63) is 71.8 Å². The number of likely N-dealkylation sites (N-methyl/N-ethyl adjacent to an activating group) is 1. The summed E-state index contributed by atoms with van der Waals surface area (Å²) in [5.41, 5.74) is 2.33.